The number of benzene rings is 2. The third-order valence-electron chi connectivity index (χ3n) is 6.10. The second-order valence-corrected chi connectivity index (χ2v) is 9.97. The number of ether oxygens (including phenoxy) is 2. The molecule has 0 spiro atoms. The Morgan fingerprint density at radius 2 is 1.92 bits per heavy atom. The Morgan fingerprint density at radius 1 is 1.17 bits per heavy atom. The van der Waals surface area contributed by atoms with Gasteiger partial charge in [-0.1, -0.05) is 26.0 Å². The van der Waals surface area contributed by atoms with Crippen molar-refractivity contribution in [1.82, 2.24) is 4.90 Å². The fraction of sp³-hybridized carbons (Fsp3) is 0.385. The van der Waals surface area contributed by atoms with Gasteiger partial charge in [0.25, 0.3) is 16.8 Å². The molecule has 0 bridgehead atoms. The van der Waals surface area contributed by atoms with E-state index in [1.807, 2.05) is 25.1 Å². The van der Waals surface area contributed by atoms with E-state index < -0.39 is 10.8 Å². The molecule has 2 aliphatic rings. The second-order valence-electron chi connectivity index (χ2n) is 8.98. The zero-order valence-corrected chi connectivity index (χ0v) is 21.4. The van der Waals surface area contributed by atoms with Crippen molar-refractivity contribution in [2.24, 2.45) is 0 Å². The smallest absolute Gasteiger partial charge is 0.293 e. The predicted octanol–water partition coefficient (Wildman–Crippen LogP) is 4.98. The maximum atomic E-state index is 13.1. The highest BCUT2D eigenvalue weighted by atomic mass is 32.2. The van der Waals surface area contributed by atoms with Crippen LogP contribution >= 0.6 is 11.8 Å². The molecular formula is C26H29N3O6S. The van der Waals surface area contributed by atoms with Gasteiger partial charge in [0.15, 0.2) is 0 Å². The van der Waals surface area contributed by atoms with Crippen LogP contribution in [0, 0.1) is 17.0 Å². The largest absolute Gasteiger partial charge is 0.491 e. The van der Waals surface area contributed by atoms with Gasteiger partial charge in [-0.15, -0.1) is 0 Å². The molecule has 2 amide bonds. The van der Waals surface area contributed by atoms with Gasteiger partial charge in [0.2, 0.25) is 0 Å². The van der Waals surface area contributed by atoms with Crippen molar-refractivity contribution >= 4 is 40.4 Å². The van der Waals surface area contributed by atoms with Gasteiger partial charge in [0, 0.05) is 36.5 Å². The molecule has 190 valence electrons. The van der Waals surface area contributed by atoms with Crippen LogP contribution in [0.5, 0.6) is 5.75 Å². The fourth-order valence-corrected chi connectivity index (χ4v) is 5.04. The summed E-state index contributed by atoms with van der Waals surface area (Å²) in [5, 5.41) is 11.0. The van der Waals surface area contributed by atoms with Crippen LogP contribution in [-0.2, 0) is 9.53 Å². The quantitative estimate of drug-likeness (QED) is 0.278. The number of hydrogen-bond donors (Lipinski definition) is 0. The molecule has 0 radical (unpaired) electrons. The molecule has 10 heteroatoms. The number of nitro groups is 1. The molecule has 2 aromatic carbocycles. The molecule has 2 fully saturated rings. The monoisotopic (exact) mass is 511 g/mol. The van der Waals surface area contributed by atoms with Crippen molar-refractivity contribution in [1.29, 1.82) is 0 Å². The van der Waals surface area contributed by atoms with E-state index in [9.17, 15) is 19.7 Å². The Balaban J connectivity index is 1.52. The number of hydrogen-bond acceptors (Lipinski definition) is 8. The zero-order valence-electron chi connectivity index (χ0n) is 20.6. The van der Waals surface area contributed by atoms with Crippen LogP contribution < -0.4 is 9.64 Å². The molecule has 0 N–H and O–H groups in total. The number of imide groups is 1. The summed E-state index contributed by atoms with van der Waals surface area (Å²) in [5.41, 5.74) is 3.34. The first-order valence-corrected chi connectivity index (χ1v) is 12.7. The number of carbonyl (C=O) groups excluding carboxylic acids is 2. The highest BCUT2D eigenvalue weighted by Crippen LogP contribution is 2.36. The molecule has 36 heavy (non-hydrogen) atoms. The van der Waals surface area contributed by atoms with E-state index in [1.165, 1.54) is 12.1 Å². The summed E-state index contributed by atoms with van der Waals surface area (Å²) in [5.74, 6) is 0.594. The number of carbonyl (C=O) groups is 2. The number of aryl methyl sites for hydroxylation is 1. The third kappa shape index (κ3) is 5.71. The van der Waals surface area contributed by atoms with Gasteiger partial charge in [0.05, 0.1) is 29.6 Å². The molecule has 0 aliphatic carbocycles. The molecular weight excluding hydrogens is 482 g/mol. The van der Waals surface area contributed by atoms with E-state index in [-0.39, 0.29) is 34.9 Å². The summed E-state index contributed by atoms with van der Waals surface area (Å²) in [6.07, 6.45) is 1.57. The first kappa shape index (κ1) is 25.7. The first-order valence-electron chi connectivity index (χ1n) is 11.8. The van der Waals surface area contributed by atoms with Crippen LogP contribution in [0.3, 0.4) is 0 Å². The molecule has 0 aromatic heterocycles. The van der Waals surface area contributed by atoms with E-state index in [4.69, 9.17) is 9.47 Å². The van der Waals surface area contributed by atoms with E-state index in [1.54, 1.807) is 12.1 Å². The lowest BCUT2D eigenvalue weighted by Crippen LogP contribution is -2.36. The number of anilines is 1. The molecule has 4 rings (SSSR count). The minimum absolute atomic E-state index is 0.0787. The second kappa shape index (κ2) is 11.1. The Hall–Kier alpha value is -3.37. The predicted molar refractivity (Wildman–Crippen MR) is 140 cm³/mol. The number of amides is 2. The first-order chi connectivity index (χ1) is 17.2. The summed E-state index contributed by atoms with van der Waals surface area (Å²) in [6.45, 7) is 8.79. The Morgan fingerprint density at radius 3 is 2.61 bits per heavy atom. The van der Waals surface area contributed by atoms with Gasteiger partial charge in [-0.3, -0.25) is 24.6 Å². The lowest BCUT2D eigenvalue weighted by Gasteiger charge is -2.30. The van der Waals surface area contributed by atoms with Crippen LogP contribution in [-0.4, -0.2) is 60.4 Å². The maximum absolute atomic E-state index is 13.1. The van der Waals surface area contributed by atoms with Crippen molar-refractivity contribution in [2.75, 3.05) is 44.4 Å². The van der Waals surface area contributed by atoms with Gasteiger partial charge < -0.3 is 14.4 Å². The van der Waals surface area contributed by atoms with Gasteiger partial charge in [0.1, 0.15) is 12.4 Å². The topological polar surface area (TPSA) is 102 Å². The number of nitro benzene ring substituents is 1. The van der Waals surface area contributed by atoms with Crippen molar-refractivity contribution < 1.29 is 24.0 Å². The number of nitrogens with zero attached hydrogens (tertiary/aromatic N) is 3. The SMILES string of the molecule is Cc1ccc(C(C)C)c(OCCN2C(=O)S/C(=C\c3cc([N+](=O)[O-])ccc3N3CCOCC3)C2=O)c1. The number of non-ortho nitro benzene ring substituents is 1. The van der Waals surface area contributed by atoms with Gasteiger partial charge in [-0.2, -0.15) is 0 Å². The van der Waals surface area contributed by atoms with Crippen LogP contribution in [0.25, 0.3) is 6.08 Å². The highest BCUT2D eigenvalue weighted by Gasteiger charge is 2.35. The molecule has 0 unspecified atom stereocenters. The zero-order chi connectivity index (χ0) is 25.8. The summed E-state index contributed by atoms with van der Waals surface area (Å²) < 4.78 is 11.4. The van der Waals surface area contributed by atoms with Crippen molar-refractivity contribution in [2.45, 2.75) is 26.7 Å². The molecule has 2 saturated heterocycles. The van der Waals surface area contributed by atoms with Crippen LogP contribution in [0.15, 0.2) is 41.3 Å². The average Bonchev–Trinajstić information content (AvgIpc) is 3.11. The third-order valence-corrected chi connectivity index (χ3v) is 7.00. The highest BCUT2D eigenvalue weighted by molar-refractivity contribution is 8.18. The number of thioether (sulfide) groups is 1. The van der Waals surface area contributed by atoms with Crippen molar-refractivity contribution in [3.8, 4) is 5.75 Å². The Bertz CT molecular complexity index is 1210. The molecule has 2 aromatic rings. The lowest BCUT2D eigenvalue weighted by atomic mass is 10.0. The lowest BCUT2D eigenvalue weighted by molar-refractivity contribution is -0.384. The fourth-order valence-electron chi connectivity index (χ4n) is 4.19. The summed E-state index contributed by atoms with van der Waals surface area (Å²) in [4.78, 5) is 40.1. The standard InChI is InChI=1S/C26H29N3O6S/c1-17(2)21-6-4-18(3)14-23(21)35-13-10-28-25(30)24(36-26(28)31)16-19-15-20(29(32)33)5-7-22(19)27-8-11-34-12-9-27/h4-7,14-17H,8-13H2,1-3H3/b24-16-. The van der Waals surface area contributed by atoms with Crippen LogP contribution in [0.1, 0.15) is 36.5 Å². The van der Waals surface area contributed by atoms with Gasteiger partial charge in [-0.05, 0) is 53.9 Å². The summed E-state index contributed by atoms with van der Waals surface area (Å²) in [7, 11) is 0. The normalized spacial score (nSPS) is 17.4. The molecule has 9 nitrogen and oxygen atoms in total. The average molecular weight is 512 g/mol. The van der Waals surface area contributed by atoms with E-state index in [0.29, 0.717) is 31.9 Å². The number of rotatable bonds is 8. The summed E-state index contributed by atoms with van der Waals surface area (Å²) in [6, 6.07) is 10.6. The minimum Gasteiger partial charge on any atom is -0.491 e. The molecule has 2 heterocycles. The van der Waals surface area contributed by atoms with E-state index >= 15 is 0 Å². The summed E-state index contributed by atoms with van der Waals surface area (Å²) >= 11 is 0.833. The van der Waals surface area contributed by atoms with Gasteiger partial charge >= 0.3 is 0 Å². The van der Waals surface area contributed by atoms with Crippen LogP contribution in [0.4, 0.5) is 16.2 Å². The Labute approximate surface area is 214 Å². The molecule has 2 aliphatic heterocycles. The van der Waals surface area contributed by atoms with Gasteiger partial charge in [-0.25, -0.2) is 0 Å². The van der Waals surface area contributed by atoms with Crippen molar-refractivity contribution in [3.05, 3.63) is 68.1 Å². The minimum atomic E-state index is -0.472. The number of morpholine rings is 1. The van der Waals surface area contributed by atoms with Crippen molar-refractivity contribution in [3.63, 3.8) is 0 Å². The maximum Gasteiger partial charge on any atom is 0.293 e. The molecule has 0 atom stereocenters. The Kier molecular flexibility index (Phi) is 7.95. The molecule has 0 saturated carbocycles. The van der Waals surface area contributed by atoms with Crippen LogP contribution in [0.2, 0.25) is 0 Å². The van der Waals surface area contributed by atoms with E-state index in [2.05, 4.69) is 18.7 Å². The van der Waals surface area contributed by atoms with E-state index in [0.717, 1.165) is 39.2 Å².